The van der Waals surface area contributed by atoms with Crippen LogP contribution in [0.5, 0.6) is 0 Å². The number of hydrogen-bond acceptors (Lipinski definition) is 5. The number of hydrogen-bond donors (Lipinski definition) is 2. The number of nitrogens with zero attached hydrogens (tertiary/aromatic N) is 2. The third kappa shape index (κ3) is 4.63. The highest BCUT2D eigenvalue weighted by molar-refractivity contribution is 7.12. The molecule has 2 aromatic carbocycles. The number of hydrazine groups is 1. The van der Waals surface area contributed by atoms with Crippen LogP contribution in [0, 0.1) is 0 Å². The van der Waals surface area contributed by atoms with Gasteiger partial charge in [-0.05, 0) is 61.0 Å². The first-order valence-corrected chi connectivity index (χ1v) is 12.1. The molecule has 32 heavy (non-hydrogen) atoms. The van der Waals surface area contributed by atoms with Gasteiger partial charge in [-0.1, -0.05) is 54.6 Å². The van der Waals surface area contributed by atoms with E-state index >= 15 is 0 Å². The van der Waals surface area contributed by atoms with Gasteiger partial charge in [0.1, 0.15) is 6.17 Å². The third-order valence-electron chi connectivity index (χ3n) is 6.17. The van der Waals surface area contributed by atoms with Crippen molar-refractivity contribution in [3.8, 4) is 0 Å². The zero-order valence-corrected chi connectivity index (χ0v) is 18.7. The second-order valence-corrected chi connectivity index (χ2v) is 9.28. The molecule has 2 N–H and O–H groups in total. The largest absolute Gasteiger partial charge is 0.314 e. The molecule has 3 unspecified atom stereocenters. The Morgan fingerprint density at radius 2 is 1.81 bits per heavy atom. The van der Waals surface area contributed by atoms with Crippen molar-refractivity contribution in [1.29, 1.82) is 0 Å². The summed E-state index contributed by atoms with van der Waals surface area (Å²) in [6, 6.07) is 25.2. The van der Waals surface area contributed by atoms with Gasteiger partial charge in [-0.15, -0.1) is 11.3 Å². The first-order valence-electron chi connectivity index (χ1n) is 11.2. The Labute approximate surface area is 193 Å². The number of piperidine rings is 1. The van der Waals surface area contributed by atoms with Gasteiger partial charge in [-0.3, -0.25) is 9.80 Å². The van der Waals surface area contributed by atoms with Gasteiger partial charge in [0.25, 0.3) is 5.91 Å². The number of anilines is 1. The summed E-state index contributed by atoms with van der Waals surface area (Å²) in [5.74, 6) is 0.0995. The molecule has 0 radical (unpaired) electrons. The summed E-state index contributed by atoms with van der Waals surface area (Å²) in [5.41, 5.74) is 5.91. The Morgan fingerprint density at radius 1 is 1.03 bits per heavy atom. The Kier molecular flexibility index (Phi) is 6.34. The molecular weight excluding hydrogens is 416 g/mol. The minimum absolute atomic E-state index is 0.0995. The summed E-state index contributed by atoms with van der Waals surface area (Å²) in [5, 5.41) is 7.64. The maximum atomic E-state index is 13.6. The van der Waals surface area contributed by atoms with Crippen molar-refractivity contribution in [3.63, 3.8) is 0 Å². The zero-order chi connectivity index (χ0) is 21.8. The molecule has 0 saturated carbocycles. The summed E-state index contributed by atoms with van der Waals surface area (Å²) >= 11 is 1.51. The normalized spacial score (nSPS) is 22.8. The van der Waals surface area contributed by atoms with E-state index in [9.17, 15) is 4.79 Å². The average Bonchev–Trinajstić information content (AvgIpc) is 3.54. The Balaban J connectivity index is 1.35. The van der Waals surface area contributed by atoms with Gasteiger partial charge in [0, 0.05) is 18.3 Å². The summed E-state index contributed by atoms with van der Waals surface area (Å²) in [7, 11) is 0. The number of para-hydroxylation sites is 1. The first kappa shape index (κ1) is 20.9. The molecule has 3 heterocycles. The van der Waals surface area contributed by atoms with Crippen molar-refractivity contribution in [2.24, 2.45) is 0 Å². The molecule has 164 valence electrons. The number of rotatable bonds is 6. The molecule has 3 aromatic rings. The fourth-order valence-electron chi connectivity index (χ4n) is 4.64. The number of thiophene rings is 1. The van der Waals surface area contributed by atoms with Crippen molar-refractivity contribution < 1.29 is 4.79 Å². The van der Waals surface area contributed by atoms with Crippen LogP contribution in [0.25, 0.3) is 0 Å². The molecule has 2 aliphatic rings. The van der Waals surface area contributed by atoms with Crippen LogP contribution in [0.15, 0.2) is 90.5 Å². The van der Waals surface area contributed by atoms with Crippen molar-refractivity contribution in [2.75, 3.05) is 11.6 Å². The van der Waals surface area contributed by atoms with E-state index in [0.717, 1.165) is 36.4 Å². The molecule has 1 saturated heterocycles. The fourth-order valence-corrected chi connectivity index (χ4v) is 5.30. The predicted molar refractivity (Wildman–Crippen MR) is 130 cm³/mol. The molecule has 5 rings (SSSR count). The minimum atomic E-state index is -0.176. The Bertz CT molecular complexity index is 1040. The molecule has 6 heteroatoms. The Hall–Kier alpha value is -2.93. The van der Waals surface area contributed by atoms with Gasteiger partial charge in [0.15, 0.2) is 0 Å². The second-order valence-electron chi connectivity index (χ2n) is 8.33. The quantitative estimate of drug-likeness (QED) is 0.591. The van der Waals surface area contributed by atoms with Crippen molar-refractivity contribution >= 4 is 22.9 Å². The van der Waals surface area contributed by atoms with Crippen molar-refractivity contribution in [1.82, 2.24) is 15.6 Å². The van der Waals surface area contributed by atoms with E-state index in [2.05, 4.69) is 64.2 Å². The number of nitrogens with one attached hydrogen (secondary N) is 2. The zero-order valence-electron chi connectivity index (χ0n) is 17.9. The highest BCUT2D eigenvalue weighted by Crippen LogP contribution is 2.26. The van der Waals surface area contributed by atoms with Crippen molar-refractivity contribution in [2.45, 2.75) is 37.5 Å². The van der Waals surface area contributed by atoms with Gasteiger partial charge in [-0.25, -0.2) is 5.43 Å². The molecule has 5 nitrogen and oxygen atoms in total. The van der Waals surface area contributed by atoms with Crippen LogP contribution in [0.1, 0.15) is 28.1 Å². The van der Waals surface area contributed by atoms with E-state index in [4.69, 9.17) is 0 Å². The standard InChI is InChI=1S/C26H28N4OS/c31-26(24-12-7-17-32-24)30(25-14-16-29(28-25)22-10-5-2-6-11-22)23-13-15-27-21(19-23)18-20-8-3-1-4-9-20/h1-12,14,16-17,21,23,25,27-28H,13,15,18-19H2. The van der Waals surface area contributed by atoms with Gasteiger partial charge < -0.3 is 10.2 Å². The van der Waals surface area contributed by atoms with Crippen molar-refractivity contribution in [3.05, 3.63) is 101 Å². The summed E-state index contributed by atoms with van der Waals surface area (Å²) in [6.45, 7) is 0.912. The monoisotopic (exact) mass is 444 g/mol. The summed E-state index contributed by atoms with van der Waals surface area (Å²) in [6.07, 6.45) is 6.79. The summed E-state index contributed by atoms with van der Waals surface area (Å²) < 4.78 is 0. The average molecular weight is 445 g/mol. The van der Waals surface area contributed by atoms with Crippen LogP contribution in [-0.4, -0.2) is 35.6 Å². The molecule has 1 amide bonds. The lowest BCUT2D eigenvalue weighted by atomic mass is 9.92. The van der Waals surface area contributed by atoms with E-state index in [0.29, 0.717) is 6.04 Å². The second kappa shape index (κ2) is 9.69. The molecule has 1 fully saturated rings. The number of amides is 1. The number of carbonyl (C=O) groups excluding carboxylic acids is 1. The highest BCUT2D eigenvalue weighted by Gasteiger charge is 2.36. The van der Waals surface area contributed by atoms with Crippen LogP contribution in [0.2, 0.25) is 0 Å². The van der Waals surface area contributed by atoms with Gasteiger partial charge in [0.2, 0.25) is 0 Å². The topological polar surface area (TPSA) is 47.6 Å². The smallest absolute Gasteiger partial charge is 0.265 e. The summed E-state index contributed by atoms with van der Waals surface area (Å²) in [4.78, 5) is 16.5. The third-order valence-corrected chi connectivity index (χ3v) is 7.03. The molecular formula is C26H28N4OS. The van der Waals surface area contributed by atoms with E-state index in [-0.39, 0.29) is 18.1 Å². The van der Waals surface area contributed by atoms with Crippen LogP contribution in [-0.2, 0) is 6.42 Å². The lowest BCUT2D eigenvalue weighted by Crippen LogP contribution is -2.57. The van der Waals surface area contributed by atoms with E-state index in [1.165, 1.54) is 16.9 Å². The molecule has 0 spiro atoms. The molecule has 1 aromatic heterocycles. The predicted octanol–water partition coefficient (Wildman–Crippen LogP) is 4.42. The Morgan fingerprint density at radius 3 is 2.56 bits per heavy atom. The molecule has 0 aliphatic carbocycles. The lowest BCUT2D eigenvalue weighted by molar-refractivity contribution is 0.0525. The maximum absolute atomic E-state index is 13.6. The van der Waals surface area contributed by atoms with Crippen LogP contribution < -0.4 is 15.8 Å². The number of carbonyl (C=O) groups is 1. The first-order chi connectivity index (χ1) is 15.8. The molecule has 3 atom stereocenters. The minimum Gasteiger partial charge on any atom is -0.314 e. The molecule has 2 aliphatic heterocycles. The SMILES string of the molecule is O=C(c1cccs1)N(C1CCNC(Cc2ccccc2)C1)C1C=CN(c2ccccc2)N1. The van der Waals surface area contributed by atoms with Crippen LogP contribution in [0.4, 0.5) is 5.69 Å². The highest BCUT2D eigenvalue weighted by atomic mass is 32.1. The van der Waals surface area contributed by atoms with E-state index in [1.807, 2.05) is 46.9 Å². The van der Waals surface area contributed by atoms with Crippen LogP contribution >= 0.6 is 11.3 Å². The fraction of sp³-hybridized carbons (Fsp3) is 0.269. The van der Waals surface area contributed by atoms with Gasteiger partial charge in [-0.2, -0.15) is 0 Å². The van der Waals surface area contributed by atoms with Gasteiger partial charge in [0.05, 0.1) is 10.6 Å². The molecule has 0 bridgehead atoms. The lowest BCUT2D eigenvalue weighted by Gasteiger charge is -2.41. The maximum Gasteiger partial charge on any atom is 0.265 e. The van der Waals surface area contributed by atoms with E-state index in [1.54, 1.807) is 0 Å². The van der Waals surface area contributed by atoms with E-state index < -0.39 is 0 Å². The van der Waals surface area contributed by atoms with Gasteiger partial charge >= 0.3 is 0 Å². The van der Waals surface area contributed by atoms with Crippen LogP contribution in [0.3, 0.4) is 0 Å². The number of benzene rings is 2.